The third-order valence-corrected chi connectivity index (χ3v) is 9.32. The third-order valence-electron chi connectivity index (χ3n) is 9.32. The zero-order chi connectivity index (χ0) is 25.6. The number of aliphatic hydroxyl groups excluding tert-OH is 2. The molecule has 0 saturated heterocycles. The number of hydrogen-bond acceptors (Lipinski definition) is 3. The van der Waals surface area contributed by atoms with Crippen molar-refractivity contribution >= 4 is 0 Å². The van der Waals surface area contributed by atoms with Crippen LogP contribution in [0.2, 0.25) is 0 Å². The van der Waals surface area contributed by atoms with E-state index in [-0.39, 0.29) is 0 Å². The van der Waals surface area contributed by atoms with Crippen molar-refractivity contribution in [1.29, 1.82) is 0 Å². The highest BCUT2D eigenvalue weighted by atomic mass is 16.3. The van der Waals surface area contributed by atoms with E-state index in [0.717, 1.165) is 30.4 Å². The van der Waals surface area contributed by atoms with Crippen molar-refractivity contribution < 1.29 is 15.3 Å². The fourth-order valence-electron chi connectivity index (χ4n) is 6.83. The zero-order valence-corrected chi connectivity index (χ0v) is 22.4. The maximum Gasteiger partial charge on any atom is 0.0825 e. The molecule has 3 N–H and O–H groups in total. The van der Waals surface area contributed by atoms with Crippen LogP contribution in [0, 0.1) is 23.2 Å². The molecule has 6 atom stereocenters. The second-order valence-electron chi connectivity index (χ2n) is 11.5. The van der Waals surface area contributed by atoms with Crippen LogP contribution in [-0.4, -0.2) is 33.1 Å². The molecular weight excluding hydrogens is 432 g/mol. The Bertz CT molecular complexity index is 884. The van der Waals surface area contributed by atoms with Gasteiger partial charge in [0, 0.05) is 6.42 Å². The summed E-state index contributed by atoms with van der Waals surface area (Å²) in [6.07, 6.45) is 24.4. The molecule has 0 spiro atoms. The van der Waals surface area contributed by atoms with Crippen molar-refractivity contribution in [3.8, 4) is 0 Å². The van der Waals surface area contributed by atoms with Gasteiger partial charge in [0.1, 0.15) is 0 Å². The SMILES string of the molecule is C=C1/C(=C/C=C2\CCC[C@]3(C)[C@@H]([C@@H](C)/C=C/C=C/C=C/C(O)(CC)CC)CC[C@@H]23)C[C@@H](O)C[C@@H]1O. The molecule has 0 radical (unpaired) electrons. The van der Waals surface area contributed by atoms with Crippen LogP contribution in [0.5, 0.6) is 0 Å². The molecule has 194 valence electrons. The molecule has 3 saturated carbocycles. The van der Waals surface area contributed by atoms with Gasteiger partial charge in [0.05, 0.1) is 17.8 Å². The highest BCUT2D eigenvalue weighted by Gasteiger charge is 2.50. The molecule has 0 heterocycles. The molecule has 0 aromatic heterocycles. The topological polar surface area (TPSA) is 60.7 Å². The van der Waals surface area contributed by atoms with Gasteiger partial charge in [0.25, 0.3) is 0 Å². The van der Waals surface area contributed by atoms with Gasteiger partial charge in [0.15, 0.2) is 0 Å². The molecule has 3 heteroatoms. The normalized spacial score (nSPS) is 35.7. The van der Waals surface area contributed by atoms with Crippen molar-refractivity contribution in [2.24, 2.45) is 23.2 Å². The van der Waals surface area contributed by atoms with E-state index in [2.05, 4.69) is 50.8 Å². The number of fused-ring (bicyclic) bond motifs is 1. The summed E-state index contributed by atoms with van der Waals surface area (Å²) in [6, 6.07) is 0. The van der Waals surface area contributed by atoms with Crippen LogP contribution in [0.25, 0.3) is 0 Å². The second kappa shape index (κ2) is 12.0. The summed E-state index contributed by atoms with van der Waals surface area (Å²) in [5.41, 5.74) is 2.93. The molecule has 0 unspecified atom stereocenters. The zero-order valence-electron chi connectivity index (χ0n) is 22.4. The molecule has 3 fully saturated rings. The average molecular weight is 481 g/mol. The Kier molecular flexibility index (Phi) is 9.60. The lowest BCUT2D eigenvalue weighted by atomic mass is 9.61. The van der Waals surface area contributed by atoms with Crippen LogP contribution < -0.4 is 0 Å². The minimum atomic E-state index is -0.694. The van der Waals surface area contributed by atoms with Crippen molar-refractivity contribution in [2.45, 2.75) is 103 Å². The van der Waals surface area contributed by atoms with Crippen molar-refractivity contribution in [3.63, 3.8) is 0 Å². The molecule has 3 rings (SSSR count). The van der Waals surface area contributed by atoms with Gasteiger partial charge in [-0.15, -0.1) is 0 Å². The summed E-state index contributed by atoms with van der Waals surface area (Å²) < 4.78 is 0. The Morgan fingerprint density at radius 2 is 1.80 bits per heavy atom. The smallest absolute Gasteiger partial charge is 0.0825 e. The van der Waals surface area contributed by atoms with Crippen molar-refractivity contribution in [1.82, 2.24) is 0 Å². The molecule has 3 aliphatic rings. The molecule has 0 amide bonds. The van der Waals surface area contributed by atoms with Crippen LogP contribution in [0.3, 0.4) is 0 Å². The third kappa shape index (κ3) is 6.56. The number of rotatable bonds is 8. The van der Waals surface area contributed by atoms with E-state index in [9.17, 15) is 15.3 Å². The first kappa shape index (κ1) is 27.9. The van der Waals surface area contributed by atoms with E-state index in [0.29, 0.717) is 36.0 Å². The second-order valence-corrected chi connectivity index (χ2v) is 11.5. The number of aliphatic hydroxyl groups is 3. The molecule has 0 bridgehead atoms. The summed E-state index contributed by atoms with van der Waals surface area (Å²) >= 11 is 0. The molecule has 35 heavy (non-hydrogen) atoms. The van der Waals surface area contributed by atoms with Crippen LogP contribution in [0.1, 0.15) is 85.5 Å². The summed E-state index contributed by atoms with van der Waals surface area (Å²) in [5, 5.41) is 30.6. The van der Waals surface area contributed by atoms with Gasteiger partial charge in [-0.2, -0.15) is 0 Å². The Morgan fingerprint density at radius 1 is 1.09 bits per heavy atom. The Hall–Kier alpha value is -1.68. The minimum Gasteiger partial charge on any atom is -0.393 e. The number of hydrogen-bond donors (Lipinski definition) is 3. The maximum absolute atomic E-state index is 10.4. The summed E-state index contributed by atoms with van der Waals surface area (Å²) in [5.74, 6) is 1.80. The van der Waals surface area contributed by atoms with Gasteiger partial charge in [0.2, 0.25) is 0 Å². The Labute approximate surface area is 213 Å². The van der Waals surface area contributed by atoms with E-state index in [1.165, 1.54) is 31.3 Å². The summed E-state index contributed by atoms with van der Waals surface area (Å²) in [6.45, 7) is 13.0. The average Bonchev–Trinajstić information content (AvgIpc) is 3.19. The first-order chi connectivity index (χ1) is 16.6. The Balaban J connectivity index is 1.66. The first-order valence-electron chi connectivity index (χ1n) is 13.8. The van der Waals surface area contributed by atoms with Gasteiger partial charge < -0.3 is 15.3 Å². The van der Waals surface area contributed by atoms with Crippen LogP contribution in [0.15, 0.2) is 71.9 Å². The fraction of sp³-hybridized carbons (Fsp3) is 0.625. The largest absolute Gasteiger partial charge is 0.393 e. The van der Waals surface area contributed by atoms with E-state index < -0.39 is 17.8 Å². The van der Waals surface area contributed by atoms with Crippen LogP contribution >= 0.6 is 0 Å². The van der Waals surface area contributed by atoms with Gasteiger partial charge in [-0.05, 0) is 85.7 Å². The predicted octanol–water partition coefficient (Wildman–Crippen LogP) is 6.98. The monoisotopic (exact) mass is 480 g/mol. The highest BCUT2D eigenvalue weighted by Crippen LogP contribution is 2.59. The lowest BCUT2D eigenvalue weighted by Gasteiger charge is -2.44. The quantitative estimate of drug-likeness (QED) is 0.328. The molecule has 3 aliphatic carbocycles. The molecule has 3 nitrogen and oxygen atoms in total. The van der Waals surface area contributed by atoms with Crippen LogP contribution in [0.4, 0.5) is 0 Å². The Morgan fingerprint density at radius 3 is 2.51 bits per heavy atom. The minimum absolute atomic E-state index is 0.317. The lowest BCUT2D eigenvalue weighted by Crippen LogP contribution is -2.35. The molecule has 0 aromatic carbocycles. The molecular formula is C32H48O3. The van der Waals surface area contributed by atoms with Crippen molar-refractivity contribution in [2.75, 3.05) is 0 Å². The predicted molar refractivity (Wildman–Crippen MR) is 147 cm³/mol. The standard InChI is InChI=1S/C32H48O3/c1-6-32(35,7-2)20-11-9-8-10-13-23(3)28-17-18-29-25(14-12-19-31(28,29)5)15-16-26-21-27(33)22-30(34)24(26)4/h8-11,13,15-16,20,23,27-30,33-35H,4,6-7,12,14,17-19,21-22H2,1-3,5H3/b9-8+,13-10+,20-11+,25-15+,26-16+/t23-,27+,28+,29-,30-,31+/m0/s1. The first-order valence-corrected chi connectivity index (χ1v) is 13.8. The van der Waals surface area contributed by atoms with E-state index in [1.54, 1.807) is 0 Å². The highest BCUT2D eigenvalue weighted by molar-refractivity contribution is 5.38. The summed E-state index contributed by atoms with van der Waals surface area (Å²) in [7, 11) is 0. The summed E-state index contributed by atoms with van der Waals surface area (Å²) in [4.78, 5) is 0. The van der Waals surface area contributed by atoms with Gasteiger partial charge in [-0.1, -0.05) is 88.5 Å². The van der Waals surface area contributed by atoms with E-state index in [1.807, 2.05) is 32.1 Å². The van der Waals surface area contributed by atoms with E-state index in [4.69, 9.17) is 0 Å². The lowest BCUT2D eigenvalue weighted by molar-refractivity contribution is 0.0827. The van der Waals surface area contributed by atoms with Crippen molar-refractivity contribution in [3.05, 3.63) is 71.9 Å². The van der Waals surface area contributed by atoms with Gasteiger partial charge in [-0.3, -0.25) is 0 Å². The maximum atomic E-state index is 10.4. The molecule has 0 aliphatic heterocycles. The fourth-order valence-corrected chi connectivity index (χ4v) is 6.83. The van der Waals surface area contributed by atoms with E-state index >= 15 is 0 Å². The molecule has 0 aromatic rings. The van der Waals surface area contributed by atoms with Gasteiger partial charge in [-0.25, -0.2) is 0 Å². The van der Waals surface area contributed by atoms with Crippen LogP contribution in [-0.2, 0) is 0 Å². The number of allylic oxidation sites excluding steroid dienone is 8. The van der Waals surface area contributed by atoms with Gasteiger partial charge >= 0.3 is 0 Å².